The van der Waals surface area contributed by atoms with Crippen LogP contribution in [0.2, 0.25) is 0 Å². The molecule has 0 aromatic rings. The lowest BCUT2D eigenvalue weighted by Crippen LogP contribution is -2.61. The van der Waals surface area contributed by atoms with Crippen LogP contribution >= 0.6 is 0 Å². The zero-order valence-corrected chi connectivity index (χ0v) is 34.6. The Labute approximate surface area is 340 Å². The lowest BCUT2D eigenvalue weighted by molar-refractivity contribution is -0.332. The summed E-state index contributed by atoms with van der Waals surface area (Å²) in [6.45, 7) is 3.43. The molecule has 2 heterocycles. The molecule has 332 valence electrons. The molecule has 14 heteroatoms. The predicted molar refractivity (Wildman–Crippen MR) is 215 cm³/mol. The third-order valence-corrected chi connectivity index (χ3v) is 10.2. The van der Waals surface area contributed by atoms with Crippen LogP contribution in [0.4, 0.5) is 0 Å². The van der Waals surface area contributed by atoms with Crippen molar-refractivity contribution in [2.75, 3.05) is 33.0 Å². The van der Waals surface area contributed by atoms with E-state index >= 15 is 0 Å². The molecule has 0 aromatic carbocycles. The smallest absolute Gasteiger partial charge is 0.306 e. The molecule has 0 spiro atoms. The van der Waals surface area contributed by atoms with Crippen LogP contribution in [-0.2, 0) is 33.2 Å². The minimum Gasteiger partial charge on any atom is -0.457 e. The fourth-order valence-corrected chi connectivity index (χ4v) is 6.59. The second-order valence-electron chi connectivity index (χ2n) is 15.1. The van der Waals surface area contributed by atoms with Gasteiger partial charge in [0.2, 0.25) is 0 Å². The molecule has 2 rings (SSSR count). The highest BCUT2D eigenvalue weighted by Gasteiger charge is 2.47. The SMILES string of the molecule is CC/C=C\C/C=C\C/C=C\CCCCCCCCCCOCC(COC1OC(COC2OC(CO)C(O)C(O)C2O)C(O)C(O)C1O)OC(=O)CCCCCCC. The Morgan fingerprint density at radius 2 is 1.14 bits per heavy atom. The summed E-state index contributed by atoms with van der Waals surface area (Å²) in [4.78, 5) is 12.7. The van der Waals surface area contributed by atoms with Gasteiger partial charge in [0.1, 0.15) is 54.9 Å². The molecule has 11 unspecified atom stereocenters. The molecule has 0 aliphatic carbocycles. The Balaban J connectivity index is 1.74. The predicted octanol–water partition coefficient (Wildman–Crippen LogP) is 4.29. The highest BCUT2D eigenvalue weighted by Crippen LogP contribution is 2.26. The number of hydrogen-bond acceptors (Lipinski definition) is 14. The fraction of sp³-hybridized carbons (Fsp3) is 0.837. The number of aliphatic hydroxyl groups is 7. The molecule has 7 N–H and O–H groups in total. The first kappa shape index (κ1) is 51.4. The van der Waals surface area contributed by atoms with Gasteiger partial charge in [-0.05, 0) is 44.9 Å². The van der Waals surface area contributed by atoms with Gasteiger partial charge in [-0.25, -0.2) is 0 Å². The standard InChI is InChI=1S/C43H76O14/c1-3-5-7-9-10-11-12-13-14-15-16-17-18-19-20-21-23-25-27-52-29-32(55-35(45)26-24-22-8-6-4-2)30-53-42-41(51)39(49)37(47)34(57-42)31-54-43-40(50)38(48)36(46)33(28-44)56-43/h5,7,10-11,13-14,32-34,36-44,46-51H,3-4,6,8-9,12,15-31H2,1-2H3/b7-5-,11-10-,14-13-. The molecule has 2 fully saturated rings. The molecule has 2 aliphatic rings. The maximum Gasteiger partial charge on any atom is 0.306 e. The van der Waals surface area contributed by atoms with Gasteiger partial charge < -0.3 is 64.2 Å². The number of carbonyl (C=O) groups excluding carboxylic acids is 1. The molecule has 0 radical (unpaired) electrons. The molecule has 0 amide bonds. The zero-order chi connectivity index (χ0) is 41.7. The van der Waals surface area contributed by atoms with Gasteiger partial charge in [0, 0.05) is 13.0 Å². The van der Waals surface area contributed by atoms with Gasteiger partial charge in [0.15, 0.2) is 12.6 Å². The summed E-state index contributed by atoms with van der Waals surface area (Å²) >= 11 is 0. The second kappa shape index (κ2) is 32.0. The monoisotopic (exact) mass is 817 g/mol. The number of hydrogen-bond donors (Lipinski definition) is 7. The summed E-state index contributed by atoms with van der Waals surface area (Å²) < 4.78 is 33.9. The quantitative estimate of drug-likeness (QED) is 0.0287. The Hall–Kier alpha value is -1.79. The van der Waals surface area contributed by atoms with Gasteiger partial charge in [-0.1, -0.05) is 115 Å². The first-order valence-electron chi connectivity index (χ1n) is 21.6. The van der Waals surface area contributed by atoms with E-state index in [1.165, 1.54) is 32.1 Å². The largest absolute Gasteiger partial charge is 0.457 e. The number of esters is 1. The fourth-order valence-electron chi connectivity index (χ4n) is 6.59. The summed E-state index contributed by atoms with van der Waals surface area (Å²) in [5, 5.41) is 71.6. The lowest BCUT2D eigenvalue weighted by atomic mass is 9.98. The number of aliphatic hydroxyl groups excluding tert-OH is 7. The molecule has 2 saturated heterocycles. The molecule has 57 heavy (non-hydrogen) atoms. The Morgan fingerprint density at radius 3 is 1.79 bits per heavy atom. The van der Waals surface area contributed by atoms with Crippen LogP contribution in [0.1, 0.15) is 129 Å². The second-order valence-corrected chi connectivity index (χ2v) is 15.1. The number of allylic oxidation sites excluding steroid dienone is 6. The Kier molecular flexibility index (Phi) is 28.9. The summed E-state index contributed by atoms with van der Waals surface area (Å²) in [5.74, 6) is -0.394. The molecule has 2 aliphatic heterocycles. The molecular formula is C43H76O14. The highest BCUT2D eigenvalue weighted by molar-refractivity contribution is 5.69. The minimum atomic E-state index is -1.70. The zero-order valence-electron chi connectivity index (χ0n) is 34.6. The normalized spacial score (nSPS) is 28.9. The number of carbonyl (C=O) groups is 1. The summed E-state index contributed by atoms with van der Waals surface area (Å²) in [5.41, 5.74) is 0. The maximum absolute atomic E-state index is 12.7. The summed E-state index contributed by atoms with van der Waals surface area (Å²) in [7, 11) is 0. The molecule has 0 aromatic heterocycles. The Bertz CT molecular complexity index is 1090. The molecule has 14 nitrogen and oxygen atoms in total. The van der Waals surface area contributed by atoms with Crippen molar-refractivity contribution in [1.29, 1.82) is 0 Å². The molecule has 0 bridgehead atoms. The van der Waals surface area contributed by atoms with Gasteiger partial charge >= 0.3 is 5.97 Å². The van der Waals surface area contributed by atoms with Crippen molar-refractivity contribution in [3.63, 3.8) is 0 Å². The van der Waals surface area contributed by atoms with Crippen molar-refractivity contribution < 1.29 is 69.0 Å². The minimum absolute atomic E-state index is 0.0558. The van der Waals surface area contributed by atoms with Crippen LogP contribution in [0.5, 0.6) is 0 Å². The van der Waals surface area contributed by atoms with Crippen LogP contribution in [0.15, 0.2) is 36.5 Å². The first-order valence-corrected chi connectivity index (χ1v) is 21.6. The average molecular weight is 817 g/mol. The third kappa shape index (κ3) is 21.3. The molecule has 11 atom stereocenters. The lowest BCUT2D eigenvalue weighted by Gasteiger charge is -2.42. The van der Waals surface area contributed by atoms with Crippen molar-refractivity contribution in [3.8, 4) is 0 Å². The van der Waals surface area contributed by atoms with E-state index in [1.54, 1.807) is 0 Å². The maximum atomic E-state index is 12.7. The number of ether oxygens (including phenoxy) is 6. The average Bonchev–Trinajstić information content (AvgIpc) is 3.20. The number of rotatable bonds is 32. The Morgan fingerprint density at radius 1 is 0.596 bits per heavy atom. The highest BCUT2D eigenvalue weighted by atomic mass is 16.7. The molecule has 0 saturated carbocycles. The molecular weight excluding hydrogens is 740 g/mol. The van der Waals surface area contributed by atoms with Crippen molar-refractivity contribution in [2.45, 2.75) is 197 Å². The topological polar surface area (TPSA) is 214 Å². The van der Waals surface area contributed by atoms with Gasteiger partial charge in [-0.2, -0.15) is 0 Å². The van der Waals surface area contributed by atoms with Gasteiger partial charge in [-0.3, -0.25) is 4.79 Å². The third-order valence-electron chi connectivity index (χ3n) is 10.2. The van der Waals surface area contributed by atoms with E-state index in [0.29, 0.717) is 13.0 Å². The van der Waals surface area contributed by atoms with E-state index in [2.05, 4.69) is 50.3 Å². The van der Waals surface area contributed by atoms with E-state index in [1.807, 2.05) is 0 Å². The van der Waals surface area contributed by atoms with Crippen molar-refractivity contribution >= 4 is 5.97 Å². The number of unbranched alkanes of at least 4 members (excludes halogenated alkanes) is 12. The van der Waals surface area contributed by atoms with Crippen LogP contribution < -0.4 is 0 Å². The van der Waals surface area contributed by atoms with E-state index in [-0.39, 0.29) is 19.6 Å². The van der Waals surface area contributed by atoms with E-state index in [9.17, 15) is 40.5 Å². The first-order chi connectivity index (χ1) is 27.6. The van der Waals surface area contributed by atoms with Crippen LogP contribution in [-0.4, -0.2) is 142 Å². The van der Waals surface area contributed by atoms with E-state index < -0.39 is 86.7 Å². The van der Waals surface area contributed by atoms with Crippen LogP contribution in [0.25, 0.3) is 0 Å². The van der Waals surface area contributed by atoms with Gasteiger partial charge in [0.25, 0.3) is 0 Å². The van der Waals surface area contributed by atoms with Crippen LogP contribution in [0.3, 0.4) is 0 Å². The van der Waals surface area contributed by atoms with Crippen molar-refractivity contribution in [1.82, 2.24) is 0 Å². The van der Waals surface area contributed by atoms with Gasteiger partial charge in [0.05, 0.1) is 26.4 Å². The summed E-state index contributed by atoms with van der Waals surface area (Å²) in [6.07, 6.45) is 15.6. The van der Waals surface area contributed by atoms with E-state index in [4.69, 9.17) is 28.4 Å². The van der Waals surface area contributed by atoms with Crippen molar-refractivity contribution in [2.24, 2.45) is 0 Å². The van der Waals surface area contributed by atoms with Crippen LogP contribution in [0, 0.1) is 0 Å². The van der Waals surface area contributed by atoms with E-state index in [0.717, 1.165) is 70.6 Å². The van der Waals surface area contributed by atoms with Gasteiger partial charge in [-0.15, -0.1) is 0 Å². The van der Waals surface area contributed by atoms with Crippen molar-refractivity contribution in [3.05, 3.63) is 36.5 Å². The summed E-state index contributed by atoms with van der Waals surface area (Å²) in [6, 6.07) is 0.